The number of nitrogens with one attached hydrogen (secondary N) is 1. The van der Waals surface area contributed by atoms with Crippen molar-refractivity contribution in [2.24, 2.45) is 0 Å². The van der Waals surface area contributed by atoms with Gasteiger partial charge in [0.25, 0.3) is 0 Å². The van der Waals surface area contributed by atoms with Gasteiger partial charge in [0.1, 0.15) is 0 Å². The maximum atomic E-state index is 9.36. The first-order chi connectivity index (χ1) is 8.04. The fourth-order valence-corrected chi connectivity index (χ4v) is 2.43. The molecule has 0 aromatic heterocycles. The number of hydrogen-bond donors (Lipinski definition) is 2. The molecule has 1 aliphatic heterocycles. The van der Waals surface area contributed by atoms with Crippen LogP contribution in [0.4, 0.5) is 0 Å². The average molecular weight is 243 g/mol. The van der Waals surface area contributed by atoms with Gasteiger partial charge in [-0.25, -0.2) is 0 Å². The van der Waals surface area contributed by atoms with E-state index in [1.165, 1.54) is 6.54 Å². The molecular formula is C13H29N3O. The first-order valence-corrected chi connectivity index (χ1v) is 6.81. The van der Waals surface area contributed by atoms with Crippen LogP contribution in [0.2, 0.25) is 0 Å². The summed E-state index contributed by atoms with van der Waals surface area (Å²) in [5.41, 5.74) is -0.134. The Morgan fingerprint density at radius 2 is 2.12 bits per heavy atom. The molecule has 0 amide bonds. The van der Waals surface area contributed by atoms with E-state index in [9.17, 15) is 5.11 Å². The fourth-order valence-electron chi connectivity index (χ4n) is 2.43. The summed E-state index contributed by atoms with van der Waals surface area (Å²) in [7, 11) is 1.92. The summed E-state index contributed by atoms with van der Waals surface area (Å²) in [5.74, 6) is 0. The molecule has 0 saturated carbocycles. The number of nitrogens with zero attached hydrogens (tertiary/aromatic N) is 2. The molecule has 0 radical (unpaired) electrons. The van der Waals surface area contributed by atoms with E-state index in [0.717, 1.165) is 32.6 Å². The third kappa shape index (κ3) is 4.21. The SMILES string of the molecule is CCN1CCN(CCC(C)(CO)NC)CC1C. The Balaban J connectivity index is 2.34. The second kappa shape index (κ2) is 6.69. The number of piperazine rings is 1. The predicted molar refractivity (Wildman–Crippen MR) is 72.3 cm³/mol. The van der Waals surface area contributed by atoms with Crippen LogP contribution in [0.25, 0.3) is 0 Å². The van der Waals surface area contributed by atoms with E-state index in [2.05, 4.69) is 35.9 Å². The van der Waals surface area contributed by atoms with Crippen molar-refractivity contribution in [2.45, 2.75) is 38.8 Å². The fraction of sp³-hybridized carbons (Fsp3) is 1.00. The normalized spacial score (nSPS) is 27.0. The summed E-state index contributed by atoms with van der Waals surface area (Å²) in [6.45, 7) is 12.5. The zero-order valence-corrected chi connectivity index (χ0v) is 11.9. The molecule has 0 bridgehead atoms. The van der Waals surface area contributed by atoms with Gasteiger partial charge in [0, 0.05) is 37.8 Å². The number of likely N-dealkylation sites (N-methyl/N-ethyl adjacent to an activating group) is 2. The highest BCUT2D eigenvalue weighted by molar-refractivity contribution is 4.84. The van der Waals surface area contributed by atoms with Gasteiger partial charge < -0.3 is 15.3 Å². The van der Waals surface area contributed by atoms with Gasteiger partial charge in [-0.2, -0.15) is 0 Å². The van der Waals surface area contributed by atoms with Crippen LogP contribution in [0.1, 0.15) is 27.2 Å². The topological polar surface area (TPSA) is 38.7 Å². The smallest absolute Gasteiger partial charge is 0.0610 e. The van der Waals surface area contributed by atoms with E-state index in [1.54, 1.807) is 0 Å². The van der Waals surface area contributed by atoms with Gasteiger partial charge in [-0.05, 0) is 33.9 Å². The highest BCUT2D eigenvalue weighted by Crippen LogP contribution is 2.13. The highest BCUT2D eigenvalue weighted by Gasteiger charge is 2.25. The minimum atomic E-state index is -0.134. The van der Waals surface area contributed by atoms with E-state index < -0.39 is 0 Å². The van der Waals surface area contributed by atoms with E-state index in [4.69, 9.17) is 0 Å². The van der Waals surface area contributed by atoms with Crippen LogP contribution in [-0.4, -0.2) is 72.9 Å². The van der Waals surface area contributed by atoms with Gasteiger partial charge >= 0.3 is 0 Å². The number of hydrogen-bond acceptors (Lipinski definition) is 4. The second-order valence-electron chi connectivity index (χ2n) is 5.50. The lowest BCUT2D eigenvalue weighted by molar-refractivity contribution is 0.0753. The van der Waals surface area contributed by atoms with Crippen LogP contribution >= 0.6 is 0 Å². The molecule has 2 atom stereocenters. The molecule has 1 rings (SSSR count). The summed E-state index contributed by atoms with van der Waals surface area (Å²) in [5, 5.41) is 12.6. The third-order valence-corrected chi connectivity index (χ3v) is 4.19. The summed E-state index contributed by atoms with van der Waals surface area (Å²) in [6, 6.07) is 0.656. The summed E-state index contributed by atoms with van der Waals surface area (Å²) >= 11 is 0. The van der Waals surface area contributed by atoms with Gasteiger partial charge in [-0.15, -0.1) is 0 Å². The second-order valence-corrected chi connectivity index (χ2v) is 5.50. The molecule has 1 fully saturated rings. The molecule has 1 saturated heterocycles. The third-order valence-electron chi connectivity index (χ3n) is 4.19. The predicted octanol–water partition coefficient (Wildman–Crippen LogP) is 0.373. The van der Waals surface area contributed by atoms with Crippen molar-refractivity contribution >= 4 is 0 Å². The monoisotopic (exact) mass is 243 g/mol. The van der Waals surface area contributed by atoms with Crippen molar-refractivity contribution in [1.29, 1.82) is 0 Å². The minimum Gasteiger partial charge on any atom is -0.394 e. The maximum absolute atomic E-state index is 9.36. The number of aliphatic hydroxyl groups excluding tert-OH is 1. The van der Waals surface area contributed by atoms with E-state index in [-0.39, 0.29) is 12.1 Å². The van der Waals surface area contributed by atoms with E-state index in [0.29, 0.717) is 6.04 Å². The molecule has 2 N–H and O–H groups in total. The van der Waals surface area contributed by atoms with Crippen LogP contribution in [0.5, 0.6) is 0 Å². The zero-order chi connectivity index (χ0) is 12.9. The van der Waals surface area contributed by atoms with Gasteiger partial charge in [-0.1, -0.05) is 6.92 Å². The van der Waals surface area contributed by atoms with Gasteiger partial charge in [0.15, 0.2) is 0 Å². The molecular weight excluding hydrogens is 214 g/mol. The summed E-state index contributed by atoms with van der Waals surface area (Å²) in [4.78, 5) is 5.04. The molecule has 0 spiro atoms. The summed E-state index contributed by atoms with van der Waals surface area (Å²) < 4.78 is 0. The van der Waals surface area contributed by atoms with Crippen molar-refractivity contribution in [3.63, 3.8) is 0 Å². The molecule has 4 heteroatoms. The number of aliphatic hydroxyl groups is 1. The van der Waals surface area contributed by atoms with Crippen LogP contribution in [0.15, 0.2) is 0 Å². The zero-order valence-electron chi connectivity index (χ0n) is 11.9. The molecule has 0 aromatic rings. The first-order valence-electron chi connectivity index (χ1n) is 6.81. The van der Waals surface area contributed by atoms with E-state index >= 15 is 0 Å². The standard InChI is InChI=1S/C13H29N3O/c1-5-16-9-8-15(10-12(16)2)7-6-13(3,11-17)14-4/h12,14,17H,5-11H2,1-4H3. The van der Waals surface area contributed by atoms with Gasteiger partial charge in [-0.3, -0.25) is 4.90 Å². The molecule has 1 heterocycles. The maximum Gasteiger partial charge on any atom is 0.0610 e. The molecule has 0 aliphatic carbocycles. The molecule has 0 aromatic carbocycles. The molecule has 2 unspecified atom stereocenters. The number of rotatable bonds is 6. The average Bonchev–Trinajstić information content (AvgIpc) is 2.36. The Hall–Kier alpha value is -0.160. The van der Waals surface area contributed by atoms with Crippen molar-refractivity contribution < 1.29 is 5.11 Å². The first kappa shape index (κ1) is 14.9. The van der Waals surface area contributed by atoms with Crippen LogP contribution < -0.4 is 5.32 Å². The van der Waals surface area contributed by atoms with Crippen LogP contribution in [0, 0.1) is 0 Å². The van der Waals surface area contributed by atoms with Gasteiger partial charge in [0.2, 0.25) is 0 Å². The highest BCUT2D eigenvalue weighted by atomic mass is 16.3. The Morgan fingerprint density at radius 1 is 1.41 bits per heavy atom. The Labute approximate surface area is 106 Å². The van der Waals surface area contributed by atoms with Crippen LogP contribution in [-0.2, 0) is 0 Å². The molecule has 17 heavy (non-hydrogen) atoms. The van der Waals surface area contributed by atoms with Crippen molar-refractivity contribution in [3.8, 4) is 0 Å². The lowest BCUT2D eigenvalue weighted by atomic mass is 9.98. The Kier molecular flexibility index (Phi) is 5.86. The van der Waals surface area contributed by atoms with E-state index in [1.807, 2.05) is 7.05 Å². The lowest BCUT2D eigenvalue weighted by Gasteiger charge is -2.40. The lowest BCUT2D eigenvalue weighted by Crippen LogP contribution is -2.53. The van der Waals surface area contributed by atoms with Gasteiger partial charge in [0.05, 0.1) is 6.61 Å². The molecule has 102 valence electrons. The molecule has 1 aliphatic rings. The van der Waals surface area contributed by atoms with Crippen LogP contribution in [0.3, 0.4) is 0 Å². The summed E-state index contributed by atoms with van der Waals surface area (Å²) in [6.07, 6.45) is 0.999. The Bertz CT molecular complexity index is 219. The molecule has 4 nitrogen and oxygen atoms in total. The van der Waals surface area contributed by atoms with Crippen molar-refractivity contribution in [2.75, 3.05) is 46.4 Å². The Morgan fingerprint density at radius 3 is 2.59 bits per heavy atom. The quantitative estimate of drug-likeness (QED) is 0.707. The van der Waals surface area contributed by atoms with Crippen molar-refractivity contribution in [3.05, 3.63) is 0 Å². The minimum absolute atomic E-state index is 0.134. The van der Waals surface area contributed by atoms with Crippen molar-refractivity contribution in [1.82, 2.24) is 15.1 Å². The largest absolute Gasteiger partial charge is 0.394 e.